The van der Waals surface area contributed by atoms with Gasteiger partial charge in [0.25, 0.3) is 5.91 Å². The Hall–Kier alpha value is -3.86. The second-order valence-electron chi connectivity index (χ2n) is 6.02. The van der Waals surface area contributed by atoms with E-state index in [9.17, 15) is 9.59 Å². The molecule has 0 aliphatic rings. The van der Waals surface area contributed by atoms with E-state index in [-0.39, 0.29) is 12.5 Å². The second-order valence-corrected chi connectivity index (χ2v) is 6.02. The lowest BCUT2D eigenvalue weighted by Gasteiger charge is -2.09. The molecule has 3 aromatic carbocycles. The zero-order valence-electron chi connectivity index (χ0n) is 15.0. The molecular weight excluding hydrogens is 354 g/mol. The molecule has 140 valence electrons. The third kappa shape index (κ3) is 5.57. The van der Waals surface area contributed by atoms with E-state index < -0.39 is 5.97 Å². The third-order valence-corrected chi connectivity index (χ3v) is 3.92. The van der Waals surface area contributed by atoms with Gasteiger partial charge in [-0.05, 0) is 47.0 Å². The number of carboxylic acid groups (broad SMARTS) is 1. The quantitative estimate of drug-likeness (QED) is 0.599. The SMILES string of the molecule is O=C(O)/C=C/c1cccc(NC(=O)COc2ccc(-c3ccccc3)cc2)c1. The molecule has 0 saturated carbocycles. The molecule has 0 aliphatic carbocycles. The maximum atomic E-state index is 12.1. The van der Waals surface area contributed by atoms with Crippen LogP contribution in [0.1, 0.15) is 5.56 Å². The largest absolute Gasteiger partial charge is 0.484 e. The van der Waals surface area contributed by atoms with Gasteiger partial charge in [-0.3, -0.25) is 4.79 Å². The number of hydrogen-bond acceptors (Lipinski definition) is 3. The predicted molar refractivity (Wildman–Crippen MR) is 109 cm³/mol. The average Bonchev–Trinajstić information content (AvgIpc) is 2.72. The Labute approximate surface area is 162 Å². The fraction of sp³-hybridized carbons (Fsp3) is 0.0435. The molecule has 0 saturated heterocycles. The molecule has 28 heavy (non-hydrogen) atoms. The number of anilines is 1. The Balaban J connectivity index is 1.54. The van der Waals surface area contributed by atoms with Crippen molar-refractivity contribution < 1.29 is 19.4 Å². The highest BCUT2D eigenvalue weighted by atomic mass is 16.5. The summed E-state index contributed by atoms with van der Waals surface area (Å²) < 4.78 is 5.54. The number of aliphatic carboxylic acids is 1. The van der Waals surface area contributed by atoms with Crippen molar-refractivity contribution in [3.05, 3.63) is 90.5 Å². The topological polar surface area (TPSA) is 75.6 Å². The van der Waals surface area contributed by atoms with Crippen molar-refractivity contribution in [1.29, 1.82) is 0 Å². The molecule has 3 aromatic rings. The van der Waals surface area contributed by atoms with Gasteiger partial charge in [-0.15, -0.1) is 0 Å². The summed E-state index contributed by atoms with van der Waals surface area (Å²) in [6, 6.07) is 24.4. The summed E-state index contributed by atoms with van der Waals surface area (Å²) >= 11 is 0. The summed E-state index contributed by atoms with van der Waals surface area (Å²) in [5, 5.41) is 11.4. The third-order valence-electron chi connectivity index (χ3n) is 3.92. The first-order valence-corrected chi connectivity index (χ1v) is 8.69. The van der Waals surface area contributed by atoms with Crippen molar-refractivity contribution in [2.45, 2.75) is 0 Å². The predicted octanol–water partition coefficient (Wildman–Crippen LogP) is 4.47. The molecule has 0 unspecified atom stereocenters. The van der Waals surface area contributed by atoms with E-state index >= 15 is 0 Å². The van der Waals surface area contributed by atoms with Gasteiger partial charge in [0.15, 0.2) is 6.61 Å². The maximum absolute atomic E-state index is 12.1. The standard InChI is InChI=1S/C23H19NO4/c25-22(24-20-8-4-5-17(15-20)9-14-23(26)27)16-28-21-12-10-19(11-13-21)18-6-2-1-3-7-18/h1-15H,16H2,(H,24,25)(H,26,27)/b14-9+. The molecule has 0 spiro atoms. The number of rotatable bonds is 7. The zero-order chi connectivity index (χ0) is 19.8. The highest BCUT2D eigenvalue weighted by Crippen LogP contribution is 2.22. The van der Waals surface area contributed by atoms with Gasteiger partial charge in [0.1, 0.15) is 5.75 Å². The Kier molecular flexibility index (Phi) is 6.21. The first-order valence-electron chi connectivity index (χ1n) is 8.69. The van der Waals surface area contributed by atoms with Gasteiger partial charge in [0.2, 0.25) is 0 Å². The number of carbonyl (C=O) groups excluding carboxylic acids is 1. The van der Waals surface area contributed by atoms with Crippen LogP contribution in [0.5, 0.6) is 5.75 Å². The summed E-state index contributed by atoms with van der Waals surface area (Å²) in [7, 11) is 0. The minimum atomic E-state index is -1.03. The lowest BCUT2D eigenvalue weighted by atomic mass is 10.1. The van der Waals surface area contributed by atoms with E-state index in [2.05, 4.69) is 5.32 Å². The molecule has 0 aromatic heterocycles. The summed E-state index contributed by atoms with van der Waals surface area (Å²) in [5.74, 6) is -0.722. The second kappa shape index (κ2) is 9.19. The van der Waals surface area contributed by atoms with Crippen LogP contribution in [0, 0.1) is 0 Å². The van der Waals surface area contributed by atoms with Crippen LogP contribution in [0.25, 0.3) is 17.2 Å². The normalized spacial score (nSPS) is 10.6. The van der Waals surface area contributed by atoms with Gasteiger partial charge >= 0.3 is 5.97 Å². The molecule has 0 bridgehead atoms. The van der Waals surface area contributed by atoms with Gasteiger partial charge in [0, 0.05) is 11.8 Å². The Morgan fingerprint density at radius 1 is 0.893 bits per heavy atom. The van der Waals surface area contributed by atoms with E-state index in [0.717, 1.165) is 17.2 Å². The fourth-order valence-electron chi connectivity index (χ4n) is 2.61. The van der Waals surface area contributed by atoms with Crippen molar-refractivity contribution in [1.82, 2.24) is 0 Å². The van der Waals surface area contributed by atoms with Crippen LogP contribution in [-0.4, -0.2) is 23.6 Å². The van der Waals surface area contributed by atoms with Crippen molar-refractivity contribution in [3.63, 3.8) is 0 Å². The summed E-state index contributed by atoms with van der Waals surface area (Å²) in [6.07, 6.45) is 2.51. The van der Waals surface area contributed by atoms with Crippen LogP contribution in [0.4, 0.5) is 5.69 Å². The summed E-state index contributed by atoms with van der Waals surface area (Å²) in [4.78, 5) is 22.7. The van der Waals surface area contributed by atoms with Crippen LogP contribution in [0.3, 0.4) is 0 Å². The maximum Gasteiger partial charge on any atom is 0.328 e. The number of carbonyl (C=O) groups is 2. The van der Waals surface area contributed by atoms with Crippen LogP contribution in [0.2, 0.25) is 0 Å². The van der Waals surface area contributed by atoms with Crippen molar-refractivity contribution in [3.8, 4) is 16.9 Å². The number of benzene rings is 3. The van der Waals surface area contributed by atoms with Gasteiger partial charge in [0.05, 0.1) is 0 Å². The van der Waals surface area contributed by atoms with Crippen LogP contribution >= 0.6 is 0 Å². The van der Waals surface area contributed by atoms with Gasteiger partial charge in [-0.2, -0.15) is 0 Å². The van der Waals surface area contributed by atoms with Gasteiger partial charge in [-0.1, -0.05) is 54.6 Å². The summed E-state index contributed by atoms with van der Waals surface area (Å²) in [5.41, 5.74) is 3.44. The molecule has 5 nitrogen and oxygen atoms in total. The van der Waals surface area contributed by atoms with E-state index in [0.29, 0.717) is 17.0 Å². The Morgan fingerprint density at radius 2 is 1.61 bits per heavy atom. The van der Waals surface area contributed by atoms with Gasteiger partial charge < -0.3 is 15.2 Å². The highest BCUT2D eigenvalue weighted by Gasteiger charge is 2.05. The van der Waals surface area contributed by atoms with Gasteiger partial charge in [-0.25, -0.2) is 4.79 Å². The zero-order valence-corrected chi connectivity index (χ0v) is 15.0. The monoisotopic (exact) mass is 373 g/mol. The van der Waals surface area contributed by atoms with Crippen LogP contribution in [-0.2, 0) is 9.59 Å². The minimum absolute atomic E-state index is 0.125. The summed E-state index contributed by atoms with van der Waals surface area (Å²) in [6.45, 7) is -0.125. The number of carboxylic acids is 1. The number of nitrogens with one attached hydrogen (secondary N) is 1. The first kappa shape index (κ1) is 18.9. The lowest BCUT2D eigenvalue weighted by molar-refractivity contribution is -0.131. The lowest BCUT2D eigenvalue weighted by Crippen LogP contribution is -2.20. The first-order chi connectivity index (χ1) is 13.6. The van der Waals surface area contributed by atoms with Crippen molar-refractivity contribution in [2.24, 2.45) is 0 Å². The molecule has 0 radical (unpaired) electrons. The van der Waals surface area contributed by atoms with E-state index in [1.807, 2.05) is 54.6 Å². The molecule has 3 rings (SSSR count). The number of ether oxygens (including phenoxy) is 1. The van der Waals surface area contributed by atoms with Crippen LogP contribution < -0.4 is 10.1 Å². The number of amides is 1. The molecule has 0 fully saturated rings. The molecule has 0 atom stereocenters. The van der Waals surface area contributed by atoms with Crippen molar-refractivity contribution in [2.75, 3.05) is 11.9 Å². The smallest absolute Gasteiger partial charge is 0.328 e. The average molecular weight is 373 g/mol. The van der Waals surface area contributed by atoms with E-state index in [1.54, 1.807) is 24.3 Å². The molecule has 2 N–H and O–H groups in total. The highest BCUT2D eigenvalue weighted by molar-refractivity contribution is 5.92. The number of hydrogen-bond donors (Lipinski definition) is 2. The molecule has 5 heteroatoms. The van der Waals surface area contributed by atoms with Crippen LogP contribution in [0.15, 0.2) is 84.9 Å². The molecule has 0 heterocycles. The van der Waals surface area contributed by atoms with E-state index in [4.69, 9.17) is 9.84 Å². The minimum Gasteiger partial charge on any atom is -0.484 e. The van der Waals surface area contributed by atoms with Crippen molar-refractivity contribution >= 4 is 23.6 Å². The van der Waals surface area contributed by atoms with E-state index in [1.165, 1.54) is 6.08 Å². The Bertz CT molecular complexity index is 979. The molecule has 0 aliphatic heterocycles. The molecular formula is C23H19NO4. The fourth-order valence-corrected chi connectivity index (χ4v) is 2.61. The Morgan fingerprint density at radius 3 is 2.32 bits per heavy atom. The molecule has 1 amide bonds.